The first-order chi connectivity index (χ1) is 11.2. The number of aliphatic hydroxyl groups is 1. The minimum atomic E-state index is -1.16. The van der Waals surface area contributed by atoms with Crippen LogP contribution in [0, 0.1) is 0 Å². The monoisotopic (exact) mass is 306 g/mol. The Morgan fingerprint density at radius 3 is 2.43 bits per heavy atom. The highest BCUT2D eigenvalue weighted by Gasteiger charge is 2.24. The number of rotatable bonds is 5. The first-order valence-electron chi connectivity index (χ1n) is 7.63. The van der Waals surface area contributed by atoms with Gasteiger partial charge in [0.05, 0.1) is 0 Å². The summed E-state index contributed by atoms with van der Waals surface area (Å²) in [6.45, 7) is 0. The van der Waals surface area contributed by atoms with Crippen LogP contribution in [0.2, 0.25) is 0 Å². The number of cyclic esters (lactones) is 1. The van der Waals surface area contributed by atoms with Gasteiger partial charge in [-0.15, -0.1) is 0 Å². The second-order valence-corrected chi connectivity index (χ2v) is 5.44. The Morgan fingerprint density at radius 1 is 1.04 bits per heavy atom. The van der Waals surface area contributed by atoms with Crippen LogP contribution in [-0.2, 0) is 16.0 Å². The molecule has 3 heteroatoms. The van der Waals surface area contributed by atoms with Crippen molar-refractivity contribution in [2.45, 2.75) is 19.1 Å². The molecular weight excluding hydrogens is 288 g/mol. The van der Waals surface area contributed by atoms with E-state index in [2.05, 4.69) is 41.2 Å². The van der Waals surface area contributed by atoms with Gasteiger partial charge in [0.1, 0.15) is 0 Å². The van der Waals surface area contributed by atoms with E-state index in [1.54, 1.807) is 0 Å². The summed E-state index contributed by atoms with van der Waals surface area (Å²) in [4.78, 5) is 11.1. The summed E-state index contributed by atoms with van der Waals surface area (Å²) in [6.07, 6.45) is 6.41. The molecule has 3 rings (SSSR count). The Labute approximate surface area is 135 Å². The summed E-state index contributed by atoms with van der Waals surface area (Å²) in [5.74, 6) is -0.502. The second-order valence-electron chi connectivity index (χ2n) is 5.44. The van der Waals surface area contributed by atoms with Crippen LogP contribution in [-0.4, -0.2) is 17.4 Å². The molecule has 1 N–H and O–H groups in total. The molecule has 0 aliphatic carbocycles. The molecule has 1 aliphatic rings. The highest BCUT2D eigenvalue weighted by atomic mass is 16.6. The number of allylic oxidation sites excluding steroid dienone is 1. The molecule has 0 amide bonds. The van der Waals surface area contributed by atoms with Gasteiger partial charge >= 0.3 is 5.97 Å². The van der Waals surface area contributed by atoms with Gasteiger partial charge in [0, 0.05) is 11.6 Å². The number of aliphatic hydroxyl groups excluding tert-OH is 1. The number of ether oxygens (including phenoxy) is 1. The van der Waals surface area contributed by atoms with E-state index in [4.69, 9.17) is 0 Å². The molecule has 3 nitrogen and oxygen atoms in total. The van der Waals surface area contributed by atoms with Gasteiger partial charge in [0.25, 0.3) is 0 Å². The highest BCUT2D eigenvalue weighted by Crippen LogP contribution is 2.25. The maximum Gasteiger partial charge on any atom is 0.333 e. The summed E-state index contributed by atoms with van der Waals surface area (Å²) in [7, 11) is 0. The predicted molar refractivity (Wildman–Crippen MR) is 90.3 cm³/mol. The highest BCUT2D eigenvalue weighted by molar-refractivity contribution is 5.96. The van der Waals surface area contributed by atoms with Crippen LogP contribution in [0.1, 0.15) is 23.1 Å². The van der Waals surface area contributed by atoms with E-state index in [-0.39, 0.29) is 0 Å². The lowest BCUT2D eigenvalue weighted by molar-refractivity contribution is -0.149. The number of carbonyl (C=O) groups is 1. The van der Waals surface area contributed by atoms with E-state index >= 15 is 0 Å². The zero-order valence-corrected chi connectivity index (χ0v) is 12.7. The number of esters is 1. The van der Waals surface area contributed by atoms with Crippen LogP contribution in [0.25, 0.3) is 11.6 Å². The normalized spacial score (nSPS) is 17.3. The average molecular weight is 306 g/mol. The fourth-order valence-electron chi connectivity index (χ4n) is 2.53. The summed E-state index contributed by atoms with van der Waals surface area (Å²) in [5, 5.41) is 9.64. The molecule has 0 saturated carbocycles. The molecule has 116 valence electrons. The van der Waals surface area contributed by atoms with E-state index in [0.717, 1.165) is 24.0 Å². The van der Waals surface area contributed by atoms with Crippen LogP contribution >= 0.6 is 0 Å². The minimum Gasteiger partial charge on any atom is -0.428 e. The maximum absolute atomic E-state index is 11.1. The van der Waals surface area contributed by atoms with Gasteiger partial charge in [0.2, 0.25) is 6.29 Å². The number of carbonyl (C=O) groups excluding carboxylic acids is 1. The predicted octanol–water partition coefficient (Wildman–Crippen LogP) is 3.59. The molecule has 0 radical (unpaired) electrons. The summed E-state index contributed by atoms with van der Waals surface area (Å²) in [5.41, 5.74) is 3.72. The Balaban J connectivity index is 1.58. The van der Waals surface area contributed by atoms with Crippen LogP contribution in [0.15, 0.2) is 66.7 Å². The van der Waals surface area contributed by atoms with Gasteiger partial charge in [-0.3, -0.25) is 0 Å². The lowest BCUT2D eigenvalue weighted by Crippen LogP contribution is -2.09. The molecular formula is C20H18O3. The molecule has 2 aromatic carbocycles. The van der Waals surface area contributed by atoms with Crippen molar-refractivity contribution in [3.05, 3.63) is 83.4 Å². The van der Waals surface area contributed by atoms with Gasteiger partial charge in [-0.05, 0) is 29.5 Å². The molecule has 1 aliphatic heterocycles. The molecule has 0 bridgehead atoms. The molecule has 23 heavy (non-hydrogen) atoms. The van der Waals surface area contributed by atoms with E-state index in [1.165, 1.54) is 11.6 Å². The fraction of sp³-hybridized carbons (Fsp3) is 0.150. The van der Waals surface area contributed by atoms with Crippen molar-refractivity contribution >= 4 is 17.6 Å². The lowest BCUT2D eigenvalue weighted by atomic mass is 10.0. The van der Waals surface area contributed by atoms with Gasteiger partial charge in [0.15, 0.2) is 0 Å². The number of hydrogen-bond acceptors (Lipinski definition) is 3. The molecule has 1 heterocycles. The van der Waals surface area contributed by atoms with E-state index in [9.17, 15) is 9.90 Å². The maximum atomic E-state index is 11.1. The Morgan fingerprint density at radius 2 is 1.78 bits per heavy atom. The Kier molecular flexibility index (Phi) is 4.69. The number of hydrogen-bond donors (Lipinski definition) is 1. The average Bonchev–Trinajstić information content (AvgIpc) is 2.92. The summed E-state index contributed by atoms with van der Waals surface area (Å²) >= 11 is 0. The van der Waals surface area contributed by atoms with Crippen molar-refractivity contribution < 1.29 is 14.6 Å². The van der Waals surface area contributed by atoms with Crippen LogP contribution in [0.5, 0.6) is 0 Å². The molecule has 1 atom stereocenters. The van der Waals surface area contributed by atoms with Crippen molar-refractivity contribution in [2.75, 3.05) is 0 Å². The summed E-state index contributed by atoms with van der Waals surface area (Å²) < 4.78 is 4.69. The van der Waals surface area contributed by atoms with Gasteiger partial charge in [-0.25, -0.2) is 4.79 Å². The van der Waals surface area contributed by atoms with Crippen molar-refractivity contribution in [3.63, 3.8) is 0 Å². The first-order valence-corrected chi connectivity index (χ1v) is 7.63. The van der Waals surface area contributed by atoms with Gasteiger partial charge in [-0.1, -0.05) is 66.7 Å². The molecule has 0 fully saturated rings. The molecule has 0 saturated heterocycles. The molecule has 0 aromatic heterocycles. The summed E-state index contributed by atoms with van der Waals surface area (Å²) in [6, 6.07) is 18.1. The van der Waals surface area contributed by atoms with Crippen molar-refractivity contribution in [1.29, 1.82) is 0 Å². The Hall–Kier alpha value is -2.65. The van der Waals surface area contributed by atoms with E-state index in [1.807, 2.05) is 30.3 Å². The number of benzene rings is 2. The van der Waals surface area contributed by atoms with Crippen molar-refractivity contribution in [2.24, 2.45) is 0 Å². The zero-order chi connectivity index (χ0) is 16.1. The van der Waals surface area contributed by atoms with Gasteiger partial charge in [-0.2, -0.15) is 0 Å². The SMILES string of the molecule is O=C1C=C(c2ccc(C=CCCc3ccccc3)cc2)C(O)O1. The van der Waals surface area contributed by atoms with Crippen LogP contribution in [0.4, 0.5) is 0 Å². The molecule has 0 spiro atoms. The third-order valence-corrected chi connectivity index (χ3v) is 3.76. The minimum absolute atomic E-state index is 0.502. The smallest absolute Gasteiger partial charge is 0.333 e. The standard InChI is InChI=1S/C20H18O3/c21-19-14-18(20(22)23-19)17-12-10-16(11-13-17)9-5-4-8-15-6-2-1-3-7-15/h1-3,5-7,9-14,20,22H,4,8H2. The van der Waals surface area contributed by atoms with Crippen LogP contribution in [0.3, 0.4) is 0 Å². The zero-order valence-electron chi connectivity index (χ0n) is 12.7. The molecule has 1 unspecified atom stereocenters. The van der Waals surface area contributed by atoms with Gasteiger partial charge < -0.3 is 9.84 Å². The largest absolute Gasteiger partial charge is 0.428 e. The fourth-order valence-corrected chi connectivity index (χ4v) is 2.53. The molecule has 2 aromatic rings. The Bertz CT molecular complexity index is 727. The van der Waals surface area contributed by atoms with Crippen molar-refractivity contribution in [1.82, 2.24) is 0 Å². The van der Waals surface area contributed by atoms with Crippen LogP contribution < -0.4 is 0 Å². The third-order valence-electron chi connectivity index (χ3n) is 3.76. The second kappa shape index (κ2) is 7.07. The first kappa shape index (κ1) is 15.3. The van der Waals surface area contributed by atoms with Crippen molar-refractivity contribution in [3.8, 4) is 0 Å². The lowest BCUT2D eigenvalue weighted by Gasteiger charge is -2.07. The topological polar surface area (TPSA) is 46.5 Å². The van der Waals surface area contributed by atoms with E-state index in [0.29, 0.717) is 5.57 Å². The number of aryl methyl sites for hydroxylation is 1. The quantitative estimate of drug-likeness (QED) is 0.859. The third kappa shape index (κ3) is 3.96. The van der Waals surface area contributed by atoms with E-state index < -0.39 is 12.3 Å².